The highest BCUT2D eigenvalue weighted by Crippen LogP contribution is 2.26. The van der Waals surface area contributed by atoms with Gasteiger partial charge in [0.1, 0.15) is 17.3 Å². The summed E-state index contributed by atoms with van der Waals surface area (Å²) >= 11 is 0. The predicted octanol–water partition coefficient (Wildman–Crippen LogP) is 3.87. The molecule has 0 radical (unpaired) electrons. The highest BCUT2D eigenvalue weighted by atomic mass is 16.5. The molecule has 6 heteroatoms. The first-order valence-corrected chi connectivity index (χ1v) is 7.93. The molecule has 0 saturated carbocycles. The topological polar surface area (TPSA) is 76.1 Å². The molecule has 0 atom stereocenters. The van der Waals surface area contributed by atoms with Crippen molar-refractivity contribution in [2.24, 2.45) is 0 Å². The van der Waals surface area contributed by atoms with Gasteiger partial charge in [0.2, 0.25) is 0 Å². The number of aromatic nitrogens is 2. The van der Waals surface area contributed by atoms with Gasteiger partial charge in [0.25, 0.3) is 5.91 Å². The van der Waals surface area contributed by atoms with Crippen LogP contribution in [0.3, 0.4) is 0 Å². The number of hydrogen-bond acceptors (Lipinski definition) is 5. The summed E-state index contributed by atoms with van der Waals surface area (Å²) in [4.78, 5) is 20.6. The maximum atomic E-state index is 12.2. The van der Waals surface area contributed by atoms with Crippen LogP contribution < -0.4 is 15.4 Å². The maximum absolute atomic E-state index is 12.2. The van der Waals surface area contributed by atoms with Gasteiger partial charge >= 0.3 is 0 Å². The minimum absolute atomic E-state index is 0.243. The molecule has 0 spiro atoms. The van der Waals surface area contributed by atoms with Crippen LogP contribution in [0.25, 0.3) is 0 Å². The van der Waals surface area contributed by atoms with Crippen molar-refractivity contribution >= 4 is 23.1 Å². The molecule has 1 amide bonds. The molecule has 2 N–H and O–H groups in total. The normalized spacial score (nSPS) is 10.1. The Morgan fingerprint density at radius 3 is 2.48 bits per heavy atom. The smallest absolute Gasteiger partial charge is 0.275 e. The van der Waals surface area contributed by atoms with Crippen LogP contribution in [-0.2, 0) is 0 Å². The fraction of sp³-hybridized carbons (Fsp3) is 0.105. The first kappa shape index (κ1) is 16.4. The molecule has 3 aromatic rings. The number of anilines is 3. The van der Waals surface area contributed by atoms with Crippen molar-refractivity contribution in [3.05, 3.63) is 72.7 Å². The van der Waals surface area contributed by atoms with E-state index in [2.05, 4.69) is 20.6 Å². The number of nitrogens with zero attached hydrogens (tertiary/aromatic N) is 2. The van der Waals surface area contributed by atoms with Gasteiger partial charge in [-0.15, -0.1) is 0 Å². The fourth-order valence-corrected chi connectivity index (χ4v) is 2.22. The van der Waals surface area contributed by atoms with E-state index in [1.165, 1.54) is 12.4 Å². The van der Waals surface area contributed by atoms with E-state index in [0.717, 1.165) is 11.4 Å². The van der Waals surface area contributed by atoms with Crippen molar-refractivity contribution in [3.8, 4) is 5.75 Å². The second-order valence-electron chi connectivity index (χ2n) is 5.16. The SMILES string of the molecule is CCOc1ccccc1Nc1cnc(C(=O)Nc2ccccc2)cn1. The van der Waals surface area contributed by atoms with Gasteiger partial charge in [-0.25, -0.2) is 9.97 Å². The summed E-state index contributed by atoms with van der Waals surface area (Å²) in [6.45, 7) is 2.50. The molecule has 0 aliphatic rings. The zero-order valence-electron chi connectivity index (χ0n) is 13.8. The van der Waals surface area contributed by atoms with Gasteiger partial charge in [0.15, 0.2) is 0 Å². The van der Waals surface area contributed by atoms with Crippen LogP contribution in [0.2, 0.25) is 0 Å². The zero-order chi connectivity index (χ0) is 17.5. The van der Waals surface area contributed by atoms with E-state index in [1.54, 1.807) is 0 Å². The molecule has 0 bridgehead atoms. The van der Waals surface area contributed by atoms with Crippen LogP contribution in [0, 0.1) is 0 Å². The third-order valence-electron chi connectivity index (χ3n) is 3.37. The van der Waals surface area contributed by atoms with Crippen molar-refractivity contribution in [2.75, 3.05) is 17.2 Å². The molecule has 1 aromatic heterocycles. The van der Waals surface area contributed by atoms with Crippen LogP contribution in [0.4, 0.5) is 17.2 Å². The van der Waals surface area contributed by atoms with Gasteiger partial charge in [-0.3, -0.25) is 4.79 Å². The number of benzene rings is 2. The lowest BCUT2D eigenvalue weighted by Gasteiger charge is -2.11. The molecule has 0 aliphatic carbocycles. The Hall–Kier alpha value is -3.41. The summed E-state index contributed by atoms with van der Waals surface area (Å²) in [5.41, 5.74) is 1.75. The Bertz CT molecular complexity index is 836. The number of hydrogen-bond donors (Lipinski definition) is 2. The molecule has 0 aliphatic heterocycles. The van der Waals surface area contributed by atoms with E-state index >= 15 is 0 Å². The van der Waals surface area contributed by atoms with Crippen LogP contribution >= 0.6 is 0 Å². The van der Waals surface area contributed by atoms with Crippen LogP contribution in [0.1, 0.15) is 17.4 Å². The second kappa shape index (κ2) is 7.92. The van der Waals surface area contributed by atoms with Gasteiger partial charge in [0.05, 0.1) is 24.7 Å². The number of carbonyl (C=O) groups is 1. The Labute approximate surface area is 145 Å². The lowest BCUT2D eigenvalue weighted by atomic mass is 10.3. The van der Waals surface area contributed by atoms with Gasteiger partial charge in [-0.1, -0.05) is 30.3 Å². The van der Waals surface area contributed by atoms with E-state index in [9.17, 15) is 4.79 Å². The zero-order valence-corrected chi connectivity index (χ0v) is 13.8. The Morgan fingerprint density at radius 1 is 1.00 bits per heavy atom. The fourth-order valence-electron chi connectivity index (χ4n) is 2.22. The summed E-state index contributed by atoms with van der Waals surface area (Å²) < 4.78 is 5.56. The Balaban J connectivity index is 1.69. The quantitative estimate of drug-likeness (QED) is 0.715. The van der Waals surface area contributed by atoms with E-state index in [-0.39, 0.29) is 11.6 Å². The molecule has 2 aromatic carbocycles. The molecule has 0 saturated heterocycles. The van der Waals surface area contributed by atoms with E-state index in [4.69, 9.17) is 4.74 Å². The van der Waals surface area contributed by atoms with E-state index < -0.39 is 0 Å². The second-order valence-corrected chi connectivity index (χ2v) is 5.16. The average Bonchev–Trinajstić information content (AvgIpc) is 2.65. The first-order valence-electron chi connectivity index (χ1n) is 7.93. The first-order chi connectivity index (χ1) is 12.3. The van der Waals surface area contributed by atoms with Crippen molar-refractivity contribution < 1.29 is 9.53 Å². The monoisotopic (exact) mass is 334 g/mol. The predicted molar refractivity (Wildman–Crippen MR) is 97.3 cm³/mol. The number of amides is 1. The van der Waals surface area contributed by atoms with Crippen molar-refractivity contribution in [2.45, 2.75) is 6.92 Å². The summed E-state index contributed by atoms with van der Waals surface area (Å²) in [5.74, 6) is 0.959. The van der Waals surface area contributed by atoms with Crippen LogP contribution in [0.5, 0.6) is 5.75 Å². The molecule has 25 heavy (non-hydrogen) atoms. The lowest BCUT2D eigenvalue weighted by molar-refractivity contribution is 0.102. The van der Waals surface area contributed by atoms with Gasteiger partial charge in [0, 0.05) is 5.69 Å². The Morgan fingerprint density at radius 2 is 1.76 bits per heavy atom. The molecule has 0 fully saturated rings. The average molecular weight is 334 g/mol. The molecular weight excluding hydrogens is 316 g/mol. The minimum Gasteiger partial charge on any atom is -0.492 e. The van der Waals surface area contributed by atoms with Crippen molar-refractivity contribution in [3.63, 3.8) is 0 Å². The largest absolute Gasteiger partial charge is 0.492 e. The Kier molecular flexibility index (Phi) is 5.21. The van der Waals surface area contributed by atoms with Crippen molar-refractivity contribution in [1.82, 2.24) is 9.97 Å². The standard InChI is InChI=1S/C19H18N4O2/c1-2-25-17-11-7-6-10-15(17)23-18-13-20-16(12-21-18)19(24)22-14-8-4-3-5-9-14/h3-13H,2H2,1H3,(H,21,23)(H,22,24). The van der Waals surface area contributed by atoms with Gasteiger partial charge in [-0.2, -0.15) is 0 Å². The highest BCUT2D eigenvalue weighted by molar-refractivity contribution is 6.02. The van der Waals surface area contributed by atoms with Gasteiger partial charge in [-0.05, 0) is 31.2 Å². The number of nitrogens with one attached hydrogen (secondary N) is 2. The summed E-state index contributed by atoms with van der Waals surface area (Å²) in [5, 5.41) is 5.91. The third-order valence-corrected chi connectivity index (χ3v) is 3.37. The summed E-state index contributed by atoms with van der Waals surface area (Å²) in [7, 11) is 0. The molecular formula is C19H18N4O2. The summed E-state index contributed by atoms with van der Waals surface area (Å²) in [6.07, 6.45) is 2.95. The van der Waals surface area contributed by atoms with E-state index in [1.807, 2.05) is 61.5 Å². The number of carbonyl (C=O) groups excluding carboxylic acids is 1. The number of ether oxygens (including phenoxy) is 1. The highest BCUT2D eigenvalue weighted by Gasteiger charge is 2.09. The molecule has 1 heterocycles. The molecule has 0 unspecified atom stereocenters. The van der Waals surface area contributed by atoms with Crippen LogP contribution in [0.15, 0.2) is 67.0 Å². The maximum Gasteiger partial charge on any atom is 0.275 e. The summed E-state index contributed by atoms with van der Waals surface area (Å²) in [6, 6.07) is 16.8. The molecule has 3 rings (SSSR count). The van der Waals surface area contributed by atoms with Crippen molar-refractivity contribution in [1.29, 1.82) is 0 Å². The number of rotatable bonds is 6. The molecule has 6 nitrogen and oxygen atoms in total. The van der Waals surface area contributed by atoms with Crippen LogP contribution in [-0.4, -0.2) is 22.5 Å². The lowest BCUT2D eigenvalue weighted by Crippen LogP contribution is -2.14. The van der Waals surface area contributed by atoms with Gasteiger partial charge < -0.3 is 15.4 Å². The third kappa shape index (κ3) is 4.32. The number of para-hydroxylation sites is 3. The molecule has 126 valence electrons. The van der Waals surface area contributed by atoms with E-state index in [0.29, 0.717) is 18.1 Å². The minimum atomic E-state index is -0.306.